The van der Waals surface area contributed by atoms with Gasteiger partial charge in [0.1, 0.15) is 5.75 Å². The summed E-state index contributed by atoms with van der Waals surface area (Å²) in [7, 11) is 6.00. The van der Waals surface area contributed by atoms with Gasteiger partial charge >= 0.3 is 0 Å². The average molecular weight is 206 g/mol. The lowest BCUT2D eigenvalue weighted by Gasteiger charge is -2.18. The predicted octanol–water partition coefficient (Wildman–Crippen LogP) is 2.34. The Balaban J connectivity index is 2.25. The minimum atomic E-state index is 0.448. The molecule has 0 aromatic heterocycles. The molecule has 1 aliphatic rings. The van der Waals surface area contributed by atoms with Crippen molar-refractivity contribution in [2.75, 3.05) is 31.4 Å². The number of hydrogen-bond donors (Lipinski definition) is 1. The van der Waals surface area contributed by atoms with Gasteiger partial charge in [-0.1, -0.05) is 0 Å². The van der Waals surface area contributed by atoms with Gasteiger partial charge in [-0.25, -0.2) is 0 Å². The summed E-state index contributed by atoms with van der Waals surface area (Å²) in [4.78, 5) is 2.08. The number of anilines is 2. The Kier molecular flexibility index (Phi) is 2.71. The Hall–Kier alpha value is -1.38. The maximum absolute atomic E-state index is 5.85. The van der Waals surface area contributed by atoms with Crippen molar-refractivity contribution in [2.45, 2.75) is 18.9 Å². The molecule has 82 valence electrons. The maximum atomic E-state index is 5.85. The van der Waals surface area contributed by atoms with Crippen molar-refractivity contribution in [3.05, 3.63) is 18.2 Å². The molecule has 3 nitrogen and oxygen atoms in total. The first-order valence-corrected chi connectivity index (χ1v) is 5.36. The van der Waals surface area contributed by atoms with Gasteiger partial charge in [0.05, 0.1) is 11.8 Å². The molecule has 1 aromatic carbocycles. The third-order valence-electron chi connectivity index (χ3n) is 2.55. The quantitative estimate of drug-likeness (QED) is 0.818. The van der Waals surface area contributed by atoms with E-state index in [1.165, 1.54) is 12.8 Å². The van der Waals surface area contributed by atoms with E-state index >= 15 is 0 Å². The average Bonchev–Trinajstić information content (AvgIpc) is 3.02. The van der Waals surface area contributed by atoms with Gasteiger partial charge < -0.3 is 15.0 Å². The highest BCUT2D eigenvalue weighted by Crippen LogP contribution is 2.35. The van der Waals surface area contributed by atoms with E-state index in [9.17, 15) is 0 Å². The molecule has 0 atom stereocenters. The van der Waals surface area contributed by atoms with Gasteiger partial charge in [0, 0.05) is 26.8 Å². The molecule has 0 amide bonds. The van der Waals surface area contributed by atoms with E-state index in [4.69, 9.17) is 4.74 Å². The number of rotatable bonds is 4. The molecule has 1 N–H and O–H groups in total. The van der Waals surface area contributed by atoms with E-state index in [2.05, 4.69) is 16.3 Å². The highest BCUT2D eigenvalue weighted by molar-refractivity contribution is 5.65. The normalized spacial score (nSPS) is 14.9. The van der Waals surface area contributed by atoms with Gasteiger partial charge in [-0.2, -0.15) is 0 Å². The number of ether oxygens (including phenoxy) is 1. The molecule has 0 heterocycles. The first-order valence-electron chi connectivity index (χ1n) is 5.36. The lowest BCUT2D eigenvalue weighted by atomic mass is 10.2. The number of hydrogen-bond acceptors (Lipinski definition) is 3. The fourth-order valence-corrected chi connectivity index (χ4v) is 1.49. The number of nitrogens with one attached hydrogen (secondary N) is 1. The molecule has 3 heteroatoms. The zero-order valence-electron chi connectivity index (χ0n) is 9.58. The van der Waals surface area contributed by atoms with Crippen LogP contribution in [0.4, 0.5) is 11.4 Å². The summed E-state index contributed by atoms with van der Waals surface area (Å²) in [6.07, 6.45) is 2.84. The van der Waals surface area contributed by atoms with Crippen molar-refractivity contribution in [3.63, 3.8) is 0 Å². The van der Waals surface area contributed by atoms with Crippen LogP contribution in [0.1, 0.15) is 12.8 Å². The van der Waals surface area contributed by atoms with E-state index in [0.29, 0.717) is 6.10 Å². The van der Waals surface area contributed by atoms with Gasteiger partial charge in [-0.05, 0) is 31.0 Å². The molecule has 1 fully saturated rings. The summed E-state index contributed by atoms with van der Waals surface area (Å²) in [6.45, 7) is 0. The summed E-state index contributed by atoms with van der Waals surface area (Å²) in [5.41, 5.74) is 2.25. The van der Waals surface area contributed by atoms with Crippen molar-refractivity contribution in [2.24, 2.45) is 0 Å². The third kappa shape index (κ3) is 2.35. The summed E-state index contributed by atoms with van der Waals surface area (Å²) in [5, 5.41) is 3.14. The highest BCUT2D eigenvalue weighted by atomic mass is 16.5. The molecule has 1 saturated carbocycles. The molecular weight excluding hydrogens is 188 g/mol. The molecule has 1 aromatic rings. The first-order chi connectivity index (χ1) is 7.20. The van der Waals surface area contributed by atoms with Crippen LogP contribution in [0.3, 0.4) is 0 Å². The molecule has 15 heavy (non-hydrogen) atoms. The van der Waals surface area contributed by atoms with Gasteiger partial charge in [-0.15, -0.1) is 0 Å². The maximum Gasteiger partial charge on any atom is 0.143 e. The Morgan fingerprint density at radius 3 is 2.60 bits per heavy atom. The van der Waals surface area contributed by atoms with Gasteiger partial charge in [0.15, 0.2) is 0 Å². The lowest BCUT2D eigenvalue weighted by Crippen LogP contribution is -2.11. The van der Waals surface area contributed by atoms with Crippen LogP contribution in [-0.2, 0) is 0 Å². The van der Waals surface area contributed by atoms with Crippen molar-refractivity contribution >= 4 is 11.4 Å². The summed E-state index contributed by atoms with van der Waals surface area (Å²) in [5.74, 6) is 0.988. The van der Waals surface area contributed by atoms with Crippen molar-refractivity contribution in [1.29, 1.82) is 0 Å². The fourth-order valence-electron chi connectivity index (χ4n) is 1.49. The van der Waals surface area contributed by atoms with E-state index in [0.717, 1.165) is 17.1 Å². The summed E-state index contributed by atoms with van der Waals surface area (Å²) in [6, 6.07) is 6.20. The molecule has 0 saturated heterocycles. The minimum absolute atomic E-state index is 0.448. The number of benzene rings is 1. The predicted molar refractivity (Wildman–Crippen MR) is 64.0 cm³/mol. The molecule has 0 bridgehead atoms. The van der Waals surface area contributed by atoms with Gasteiger partial charge in [0.2, 0.25) is 0 Å². The SMILES string of the molecule is CNc1ccc(OC2CC2)c(N(C)C)c1. The first kappa shape index (κ1) is 10.1. The standard InChI is InChI=1S/C12H18N2O/c1-13-9-4-7-12(15-10-5-6-10)11(8-9)14(2)3/h4,7-8,10,13H,5-6H2,1-3H3. The van der Waals surface area contributed by atoms with Crippen LogP contribution < -0.4 is 15.0 Å². The Morgan fingerprint density at radius 2 is 2.07 bits per heavy atom. The lowest BCUT2D eigenvalue weighted by molar-refractivity contribution is 0.304. The minimum Gasteiger partial charge on any atom is -0.488 e. The third-order valence-corrected chi connectivity index (χ3v) is 2.55. The molecular formula is C12H18N2O. The summed E-state index contributed by atoms with van der Waals surface area (Å²) >= 11 is 0. The smallest absolute Gasteiger partial charge is 0.143 e. The Labute approximate surface area is 91.0 Å². The zero-order valence-corrected chi connectivity index (χ0v) is 9.58. The zero-order chi connectivity index (χ0) is 10.8. The molecule has 0 aliphatic heterocycles. The number of nitrogens with zero attached hydrogens (tertiary/aromatic N) is 1. The van der Waals surface area contributed by atoms with E-state index < -0.39 is 0 Å². The van der Waals surface area contributed by atoms with Crippen LogP contribution in [-0.4, -0.2) is 27.2 Å². The molecule has 1 aliphatic carbocycles. The fraction of sp³-hybridized carbons (Fsp3) is 0.500. The van der Waals surface area contributed by atoms with Crippen LogP contribution in [0.15, 0.2) is 18.2 Å². The topological polar surface area (TPSA) is 24.5 Å². The van der Waals surface area contributed by atoms with Crippen LogP contribution in [0.5, 0.6) is 5.75 Å². The van der Waals surface area contributed by atoms with Crippen molar-refractivity contribution in [1.82, 2.24) is 0 Å². The monoisotopic (exact) mass is 206 g/mol. The molecule has 2 rings (SSSR count). The van der Waals surface area contributed by atoms with Crippen LogP contribution in [0.2, 0.25) is 0 Å². The van der Waals surface area contributed by atoms with Crippen molar-refractivity contribution < 1.29 is 4.74 Å². The molecule has 0 spiro atoms. The van der Waals surface area contributed by atoms with Gasteiger partial charge in [-0.3, -0.25) is 0 Å². The van der Waals surface area contributed by atoms with Gasteiger partial charge in [0.25, 0.3) is 0 Å². The largest absolute Gasteiger partial charge is 0.488 e. The van der Waals surface area contributed by atoms with Crippen LogP contribution in [0.25, 0.3) is 0 Å². The van der Waals surface area contributed by atoms with Crippen LogP contribution >= 0.6 is 0 Å². The van der Waals surface area contributed by atoms with E-state index in [1.54, 1.807) is 0 Å². The second-order valence-corrected chi connectivity index (χ2v) is 4.14. The second-order valence-electron chi connectivity index (χ2n) is 4.14. The Bertz CT molecular complexity index is 345. The van der Waals surface area contributed by atoms with Crippen LogP contribution in [0, 0.1) is 0 Å². The van der Waals surface area contributed by atoms with Crippen molar-refractivity contribution in [3.8, 4) is 5.75 Å². The summed E-state index contributed by atoms with van der Waals surface area (Å²) < 4.78 is 5.85. The molecule has 0 unspecified atom stereocenters. The van der Waals surface area contributed by atoms with E-state index in [-0.39, 0.29) is 0 Å². The Morgan fingerprint density at radius 1 is 1.33 bits per heavy atom. The second kappa shape index (κ2) is 4.01. The van der Waals surface area contributed by atoms with E-state index in [1.807, 2.05) is 33.3 Å². The molecule has 0 radical (unpaired) electrons. The highest BCUT2D eigenvalue weighted by Gasteiger charge is 2.24.